The minimum atomic E-state index is -2.92. The second-order valence-corrected chi connectivity index (χ2v) is 6.25. The maximum absolute atomic E-state index is 12.8. The quantitative estimate of drug-likeness (QED) is 0.268. The summed E-state index contributed by atoms with van der Waals surface area (Å²) < 4.78 is 35.7. The van der Waals surface area contributed by atoms with Crippen molar-refractivity contribution in [2.45, 2.75) is 46.9 Å². The molecule has 0 aliphatic carbocycles. The molecular formula is C19H33F2IN4O2. The Hall–Kier alpha value is -1.36. The number of aliphatic imine (C=N–C) groups is 1. The molecule has 0 bridgehead atoms. The van der Waals surface area contributed by atoms with Crippen LogP contribution in [0.4, 0.5) is 8.78 Å². The number of nitrogens with one attached hydrogen (secondary N) is 2. The van der Waals surface area contributed by atoms with Crippen molar-refractivity contribution in [1.82, 2.24) is 15.5 Å². The van der Waals surface area contributed by atoms with Gasteiger partial charge in [-0.15, -0.1) is 24.0 Å². The van der Waals surface area contributed by atoms with E-state index in [4.69, 9.17) is 4.74 Å². The summed E-state index contributed by atoms with van der Waals surface area (Å²) in [4.78, 5) is 6.71. The zero-order valence-electron chi connectivity index (χ0n) is 17.3. The molecular weight excluding hydrogens is 481 g/mol. The second kappa shape index (κ2) is 14.6. The van der Waals surface area contributed by atoms with Gasteiger partial charge in [-0.2, -0.15) is 8.78 Å². The zero-order valence-corrected chi connectivity index (χ0v) is 19.6. The van der Waals surface area contributed by atoms with Crippen LogP contribution in [0.25, 0.3) is 0 Å². The molecule has 1 aromatic carbocycles. The second-order valence-electron chi connectivity index (χ2n) is 6.25. The number of nitrogens with zero attached hydrogens (tertiary/aromatic N) is 2. The standard InChI is InChI=1S/C19H32F2N4O2.HI/c1-6-22-19(23-11-12-25(5)14(3)4)24-13-15-9-8-10-16(26-7-2)17(15)27-18(20)21;/h8-10,14,18H,6-7,11-13H2,1-5H3,(H2,22,23,24);1H. The van der Waals surface area contributed by atoms with Crippen molar-refractivity contribution >= 4 is 29.9 Å². The summed E-state index contributed by atoms with van der Waals surface area (Å²) in [6, 6.07) is 5.52. The molecule has 28 heavy (non-hydrogen) atoms. The molecule has 1 rings (SSSR count). The van der Waals surface area contributed by atoms with E-state index in [9.17, 15) is 8.78 Å². The first-order chi connectivity index (χ1) is 12.9. The molecule has 0 saturated carbocycles. The topological polar surface area (TPSA) is 58.1 Å². The van der Waals surface area contributed by atoms with Gasteiger partial charge in [0, 0.05) is 31.2 Å². The number of para-hydroxylation sites is 1. The van der Waals surface area contributed by atoms with E-state index in [0.29, 0.717) is 36.5 Å². The highest BCUT2D eigenvalue weighted by atomic mass is 127. The molecule has 162 valence electrons. The molecule has 1 aromatic rings. The third-order valence-electron chi connectivity index (χ3n) is 3.96. The summed E-state index contributed by atoms with van der Waals surface area (Å²) in [5.74, 6) is 0.954. The van der Waals surface area contributed by atoms with Crippen molar-refractivity contribution in [3.8, 4) is 11.5 Å². The Bertz CT molecular complexity index is 589. The summed E-state index contributed by atoms with van der Waals surface area (Å²) >= 11 is 0. The average Bonchev–Trinajstić information content (AvgIpc) is 2.61. The van der Waals surface area contributed by atoms with Crippen LogP contribution in [0.15, 0.2) is 23.2 Å². The number of halogens is 3. The molecule has 0 spiro atoms. The van der Waals surface area contributed by atoms with Gasteiger partial charge in [-0.25, -0.2) is 4.99 Å². The van der Waals surface area contributed by atoms with E-state index in [0.717, 1.165) is 13.1 Å². The average molecular weight is 514 g/mol. The largest absolute Gasteiger partial charge is 0.490 e. The summed E-state index contributed by atoms with van der Waals surface area (Å²) in [7, 11) is 2.06. The number of ether oxygens (including phenoxy) is 2. The van der Waals surface area contributed by atoms with Gasteiger partial charge in [-0.05, 0) is 40.8 Å². The third kappa shape index (κ3) is 9.72. The molecule has 9 heteroatoms. The highest BCUT2D eigenvalue weighted by Gasteiger charge is 2.15. The van der Waals surface area contributed by atoms with Crippen LogP contribution in [0.5, 0.6) is 11.5 Å². The van der Waals surface area contributed by atoms with E-state index in [-0.39, 0.29) is 36.3 Å². The predicted molar refractivity (Wildman–Crippen MR) is 120 cm³/mol. The molecule has 0 saturated heterocycles. The van der Waals surface area contributed by atoms with Gasteiger partial charge in [0.2, 0.25) is 0 Å². The number of likely N-dealkylation sites (N-methyl/N-ethyl adjacent to an activating group) is 1. The Balaban J connectivity index is 0.00000729. The highest BCUT2D eigenvalue weighted by molar-refractivity contribution is 14.0. The van der Waals surface area contributed by atoms with Gasteiger partial charge in [-0.1, -0.05) is 12.1 Å². The van der Waals surface area contributed by atoms with Crippen molar-refractivity contribution in [3.63, 3.8) is 0 Å². The number of hydrogen-bond donors (Lipinski definition) is 2. The third-order valence-corrected chi connectivity index (χ3v) is 3.96. The fourth-order valence-corrected chi connectivity index (χ4v) is 2.29. The highest BCUT2D eigenvalue weighted by Crippen LogP contribution is 2.33. The first kappa shape index (κ1) is 26.6. The van der Waals surface area contributed by atoms with Crippen molar-refractivity contribution in [2.75, 3.05) is 33.3 Å². The fourth-order valence-electron chi connectivity index (χ4n) is 2.29. The van der Waals surface area contributed by atoms with Gasteiger partial charge in [0.1, 0.15) is 0 Å². The van der Waals surface area contributed by atoms with Gasteiger partial charge < -0.3 is 25.0 Å². The lowest BCUT2D eigenvalue weighted by Gasteiger charge is -2.21. The van der Waals surface area contributed by atoms with Gasteiger partial charge in [0.25, 0.3) is 0 Å². The SMILES string of the molecule is CCNC(=NCc1cccc(OCC)c1OC(F)F)NCCN(C)C(C)C.I. The molecule has 0 aliphatic rings. The molecule has 0 heterocycles. The summed E-state index contributed by atoms with van der Waals surface area (Å²) in [6.45, 7) is 7.94. The lowest BCUT2D eigenvalue weighted by molar-refractivity contribution is -0.0520. The van der Waals surface area contributed by atoms with E-state index < -0.39 is 6.61 Å². The zero-order chi connectivity index (χ0) is 20.2. The first-order valence-electron chi connectivity index (χ1n) is 9.30. The van der Waals surface area contributed by atoms with E-state index in [1.807, 2.05) is 6.92 Å². The maximum Gasteiger partial charge on any atom is 0.387 e. The van der Waals surface area contributed by atoms with Crippen molar-refractivity contribution in [2.24, 2.45) is 4.99 Å². The monoisotopic (exact) mass is 514 g/mol. The fraction of sp³-hybridized carbons (Fsp3) is 0.632. The van der Waals surface area contributed by atoms with Crippen molar-refractivity contribution in [1.29, 1.82) is 0 Å². The van der Waals surface area contributed by atoms with Crippen LogP contribution in [0.2, 0.25) is 0 Å². The minimum absolute atomic E-state index is 0. The molecule has 0 atom stereocenters. The summed E-state index contributed by atoms with van der Waals surface area (Å²) in [5, 5.41) is 6.41. The number of rotatable bonds is 11. The molecule has 0 aromatic heterocycles. The lowest BCUT2D eigenvalue weighted by Crippen LogP contribution is -2.42. The van der Waals surface area contributed by atoms with Crippen LogP contribution in [-0.2, 0) is 6.54 Å². The molecule has 0 aliphatic heterocycles. The number of alkyl halides is 2. The Morgan fingerprint density at radius 1 is 1.21 bits per heavy atom. The first-order valence-corrected chi connectivity index (χ1v) is 9.30. The van der Waals surface area contributed by atoms with Gasteiger partial charge in [-0.3, -0.25) is 0 Å². The van der Waals surface area contributed by atoms with E-state index >= 15 is 0 Å². The van der Waals surface area contributed by atoms with E-state index in [1.54, 1.807) is 25.1 Å². The van der Waals surface area contributed by atoms with Crippen LogP contribution in [0.3, 0.4) is 0 Å². The minimum Gasteiger partial charge on any atom is -0.490 e. The van der Waals surface area contributed by atoms with Crippen LogP contribution in [-0.4, -0.2) is 56.8 Å². The molecule has 0 radical (unpaired) electrons. The van der Waals surface area contributed by atoms with Crippen LogP contribution >= 0.6 is 24.0 Å². The Morgan fingerprint density at radius 2 is 1.93 bits per heavy atom. The molecule has 6 nitrogen and oxygen atoms in total. The van der Waals surface area contributed by atoms with Gasteiger partial charge in [0.05, 0.1) is 13.2 Å². The smallest absolute Gasteiger partial charge is 0.387 e. The number of benzene rings is 1. The predicted octanol–water partition coefficient (Wildman–Crippen LogP) is 3.70. The number of guanidine groups is 1. The van der Waals surface area contributed by atoms with Crippen LogP contribution in [0.1, 0.15) is 33.3 Å². The van der Waals surface area contributed by atoms with Crippen LogP contribution in [0, 0.1) is 0 Å². The Morgan fingerprint density at radius 3 is 2.50 bits per heavy atom. The van der Waals surface area contributed by atoms with E-state index in [2.05, 4.69) is 46.2 Å². The lowest BCUT2D eigenvalue weighted by atomic mass is 10.2. The van der Waals surface area contributed by atoms with Crippen LogP contribution < -0.4 is 20.1 Å². The van der Waals surface area contributed by atoms with Gasteiger partial charge in [0.15, 0.2) is 17.5 Å². The molecule has 0 fully saturated rings. The summed E-state index contributed by atoms with van der Waals surface area (Å²) in [5.41, 5.74) is 0.540. The van der Waals surface area contributed by atoms with Gasteiger partial charge >= 0.3 is 6.61 Å². The molecule has 2 N–H and O–H groups in total. The van der Waals surface area contributed by atoms with Crippen molar-refractivity contribution < 1.29 is 18.3 Å². The number of hydrogen-bond acceptors (Lipinski definition) is 4. The Labute approximate surface area is 184 Å². The maximum atomic E-state index is 12.8. The van der Waals surface area contributed by atoms with Crippen molar-refractivity contribution in [3.05, 3.63) is 23.8 Å². The molecule has 0 amide bonds. The normalized spacial score (nSPS) is 11.6. The summed E-state index contributed by atoms with van der Waals surface area (Å²) in [6.07, 6.45) is 0. The van der Waals surface area contributed by atoms with E-state index in [1.165, 1.54) is 0 Å². The Kier molecular flexibility index (Phi) is 13.9. The molecule has 0 unspecified atom stereocenters.